The van der Waals surface area contributed by atoms with Crippen LogP contribution < -0.4 is 10.9 Å². The van der Waals surface area contributed by atoms with Gasteiger partial charge in [-0.2, -0.15) is 0 Å². The first-order valence-electron chi connectivity index (χ1n) is 8.94. The molecular weight excluding hydrogens is 370 g/mol. The minimum absolute atomic E-state index is 0.197. The molecular formula is C23H17NO5. The van der Waals surface area contributed by atoms with Gasteiger partial charge in [0.15, 0.2) is 5.56 Å². The van der Waals surface area contributed by atoms with Gasteiger partial charge >= 0.3 is 5.63 Å². The summed E-state index contributed by atoms with van der Waals surface area (Å²) in [4.78, 5) is 24.4. The smallest absolute Gasteiger partial charge is 0.353 e. The van der Waals surface area contributed by atoms with Crippen LogP contribution in [0.1, 0.15) is 15.9 Å². The fraction of sp³-hybridized carbons (Fsp3) is 0.0435. The van der Waals surface area contributed by atoms with Gasteiger partial charge < -0.3 is 19.9 Å². The summed E-state index contributed by atoms with van der Waals surface area (Å²) in [6.45, 7) is -0.269. The summed E-state index contributed by atoms with van der Waals surface area (Å²) in [6, 6.07) is 21.5. The van der Waals surface area contributed by atoms with Gasteiger partial charge in [0, 0.05) is 11.3 Å². The number of aliphatic hydroxyl groups excluding tert-OH is 1. The van der Waals surface area contributed by atoms with E-state index in [1.165, 1.54) is 17.2 Å². The number of nitrogens with one attached hydrogen (secondary N) is 1. The topological polar surface area (TPSA) is 99.8 Å². The summed E-state index contributed by atoms with van der Waals surface area (Å²) in [6.07, 6.45) is 0. The van der Waals surface area contributed by atoms with Crippen molar-refractivity contribution in [2.75, 3.05) is 5.32 Å². The van der Waals surface area contributed by atoms with E-state index in [1.807, 2.05) is 0 Å². The van der Waals surface area contributed by atoms with Crippen molar-refractivity contribution >= 4 is 22.6 Å². The van der Waals surface area contributed by atoms with Crippen LogP contribution in [0.15, 0.2) is 82.0 Å². The van der Waals surface area contributed by atoms with E-state index >= 15 is 0 Å². The molecule has 0 saturated carbocycles. The van der Waals surface area contributed by atoms with Gasteiger partial charge in [0.25, 0.3) is 5.91 Å². The zero-order chi connectivity index (χ0) is 20.4. The van der Waals surface area contributed by atoms with Crippen molar-refractivity contribution < 1.29 is 19.4 Å². The normalized spacial score (nSPS) is 10.8. The molecule has 3 aromatic rings. The SMILES string of the molecule is O=C(Nc1ccccc1CO)c1c(O)c2ccccc2oc1=O.c1cc2ccc1-2. The number of rotatable bonds is 3. The number of benzene rings is 3. The van der Waals surface area contributed by atoms with Crippen molar-refractivity contribution in [2.45, 2.75) is 6.61 Å². The lowest BCUT2D eigenvalue weighted by atomic mass is 9.95. The van der Waals surface area contributed by atoms with E-state index in [0.717, 1.165) is 0 Å². The highest BCUT2D eigenvalue weighted by molar-refractivity contribution is 6.08. The molecule has 0 aliphatic heterocycles. The third-order valence-corrected chi connectivity index (χ3v) is 4.67. The zero-order valence-electron chi connectivity index (χ0n) is 15.3. The second-order valence-corrected chi connectivity index (χ2v) is 6.46. The van der Waals surface area contributed by atoms with Crippen LogP contribution in [0.25, 0.3) is 22.1 Å². The Morgan fingerprint density at radius 2 is 1.52 bits per heavy atom. The highest BCUT2D eigenvalue weighted by Crippen LogP contribution is 2.29. The molecule has 0 radical (unpaired) electrons. The molecule has 5 rings (SSSR count). The lowest BCUT2D eigenvalue weighted by Gasteiger charge is -2.10. The molecule has 29 heavy (non-hydrogen) atoms. The third kappa shape index (κ3) is 3.49. The van der Waals surface area contributed by atoms with Gasteiger partial charge in [-0.15, -0.1) is 0 Å². The summed E-state index contributed by atoms with van der Waals surface area (Å²) in [5.74, 6) is -1.24. The first kappa shape index (κ1) is 18.5. The van der Waals surface area contributed by atoms with Crippen LogP contribution in [0.4, 0.5) is 5.69 Å². The van der Waals surface area contributed by atoms with E-state index < -0.39 is 22.8 Å². The molecule has 2 aliphatic carbocycles. The largest absolute Gasteiger partial charge is 0.506 e. The molecule has 0 bridgehead atoms. The van der Waals surface area contributed by atoms with Gasteiger partial charge in [-0.1, -0.05) is 54.6 Å². The average molecular weight is 387 g/mol. The molecule has 2 aliphatic rings. The van der Waals surface area contributed by atoms with E-state index in [2.05, 4.69) is 29.6 Å². The lowest BCUT2D eigenvalue weighted by molar-refractivity contribution is 0.102. The van der Waals surface area contributed by atoms with Crippen molar-refractivity contribution in [1.29, 1.82) is 0 Å². The van der Waals surface area contributed by atoms with Gasteiger partial charge in [0.05, 0.1) is 12.0 Å². The summed E-state index contributed by atoms with van der Waals surface area (Å²) < 4.78 is 5.06. The Hall–Kier alpha value is -3.90. The molecule has 1 aromatic heterocycles. The number of carbonyl (C=O) groups is 1. The molecule has 1 amide bonds. The molecule has 1 heterocycles. The number of hydrogen-bond acceptors (Lipinski definition) is 5. The molecule has 6 nitrogen and oxygen atoms in total. The summed E-state index contributed by atoms with van der Waals surface area (Å²) in [7, 11) is 0. The highest BCUT2D eigenvalue weighted by Gasteiger charge is 2.21. The maximum Gasteiger partial charge on any atom is 0.353 e. The van der Waals surface area contributed by atoms with Crippen LogP contribution in [-0.4, -0.2) is 16.1 Å². The number of amides is 1. The molecule has 3 N–H and O–H groups in total. The number of aromatic hydroxyl groups is 1. The van der Waals surface area contributed by atoms with Gasteiger partial charge in [0.2, 0.25) is 0 Å². The summed E-state index contributed by atoms with van der Waals surface area (Å²) >= 11 is 0. The van der Waals surface area contributed by atoms with Crippen molar-refractivity contribution in [3.05, 3.63) is 94.3 Å². The van der Waals surface area contributed by atoms with E-state index in [9.17, 15) is 19.8 Å². The van der Waals surface area contributed by atoms with Crippen LogP contribution in [0.5, 0.6) is 5.75 Å². The van der Waals surface area contributed by atoms with E-state index in [1.54, 1.807) is 42.5 Å². The second-order valence-electron chi connectivity index (χ2n) is 6.46. The molecule has 144 valence electrons. The zero-order valence-corrected chi connectivity index (χ0v) is 15.3. The first-order valence-corrected chi connectivity index (χ1v) is 8.94. The Labute approximate surface area is 165 Å². The Morgan fingerprint density at radius 3 is 2.14 bits per heavy atom. The van der Waals surface area contributed by atoms with Crippen LogP contribution in [0.3, 0.4) is 0 Å². The lowest BCUT2D eigenvalue weighted by Crippen LogP contribution is -2.21. The molecule has 6 heteroatoms. The number of carbonyl (C=O) groups excluding carboxylic acids is 1. The average Bonchev–Trinajstić information content (AvgIpc) is 2.71. The Bertz CT molecular complexity index is 1240. The summed E-state index contributed by atoms with van der Waals surface area (Å²) in [5.41, 5.74) is 2.49. The van der Waals surface area contributed by atoms with Crippen molar-refractivity contribution in [3.8, 4) is 16.9 Å². The number of fused-ring (bicyclic) bond motifs is 2. The van der Waals surface area contributed by atoms with Crippen molar-refractivity contribution in [1.82, 2.24) is 0 Å². The van der Waals surface area contributed by atoms with Crippen LogP contribution in [0, 0.1) is 0 Å². The van der Waals surface area contributed by atoms with Gasteiger partial charge in [0.1, 0.15) is 11.3 Å². The predicted octanol–water partition coefficient (Wildman–Crippen LogP) is 3.91. The maximum atomic E-state index is 12.4. The third-order valence-electron chi connectivity index (χ3n) is 4.67. The fourth-order valence-electron chi connectivity index (χ4n) is 2.96. The van der Waals surface area contributed by atoms with E-state index in [-0.39, 0.29) is 17.6 Å². The molecule has 0 saturated heterocycles. The first-order chi connectivity index (χ1) is 14.1. The van der Waals surface area contributed by atoms with Gasteiger partial charge in [-0.05, 0) is 29.3 Å². The quantitative estimate of drug-likeness (QED) is 0.408. The molecule has 0 atom stereocenters. The number of para-hydroxylation sites is 2. The number of anilines is 1. The standard InChI is InChI=1S/C17H13NO5.C6H4/c19-9-10-5-1-3-7-12(10)18-16(21)14-15(20)11-6-2-4-8-13(11)23-17(14)22;1-2-6-4-3-5(1)6/h1-8,19-20H,9H2,(H,18,21);1-4H. The predicted molar refractivity (Wildman–Crippen MR) is 110 cm³/mol. The molecule has 0 fully saturated rings. The Morgan fingerprint density at radius 1 is 0.897 bits per heavy atom. The van der Waals surface area contributed by atoms with Gasteiger partial charge in [-0.3, -0.25) is 4.79 Å². The Kier molecular flexibility index (Phi) is 4.85. The van der Waals surface area contributed by atoms with Gasteiger partial charge in [-0.25, -0.2) is 4.79 Å². The number of hydrogen-bond donors (Lipinski definition) is 3. The van der Waals surface area contributed by atoms with Crippen molar-refractivity contribution in [3.63, 3.8) is 0 Å². The van der Waals surface area contributed by atoms with Crippen LogP contribution >= 0.6 is 0 Å². The fourth-order valence-corrected chi connectivity index (χ4v) is 2.96. The van der Waals surface area contributed by atoms with Crippen LogP contribution in [0.2, 0.25) is 0 Å². The maximum absolute atomic E-state index is 12.4. The van der Waals surface area contributed by atoms with Crippen molar-refractivity contribution in [2.24, 2.45) is 0 Å². The Balaban J connectivity index is 0.000000286. The van der Waals surface area contributed by atoms with E-state index in [0.29, 0.717) is 11.3 Å². The minimum atomic E-state index is -0.930. The molecule has 0 spiro atoms. The molecule has 2 aromatic carbocycles. The highest BCUT2D eigenvalue weighted by atomic mass is 16.4. The van der Waals surface area contributed by atoms with E-state index in [4.69, 9.17) is 4.42 Å². The minimum Gasteiger partial charge on any atom is -0.506 e. The second kappa shape index (κ2) is 7.61. The summed E-state index contributed by atoms with van der Waals surface area (Å²) in [5, 5.41) is 22.3. The number of aliphatic hydroxyl groups is 1. The monoisotopic (exact) mass is 387 g/mol. The molecule has 0 unspecified atom stereocenters. The van der Waals surface area contributed by atoms with Crippen LogP contribution in [-0.2, 0) is 6.61 Å².